The van der Waals surface area contributed by atoms with Crippen LogP contribution in [0.25, 0.3) is 0 Å². The molecule has 0 aliphatic carbocycles. The number of anilines is 1. The molecular weight excluding hydrogens is 216 g/mol. The highest BCUT2D eigenvalue weighted by Gasteiger charge is 2.29. The summed E-state index contributed by atoms with van der Waals surface area (Å²) >= 11 is 0. The number of nitrogens with zero attached hydrogens (tertiary/aromatic N) is 2. The molecule has 0 saturated carbocycles. The fourth-order valence-corrected chi connectivity index (χ4v) is 2.13. The van der Waals surface area contributed by atoms with Crippen LogP contribution in [0.5, 0.6) is 0 Å². The number of hydrogen-bond acceptors (Lipinski definition) is 2. The minimum absolute atomic E-state index is 0.0759. The topological polar surface area (TPSA) is 40.6 Å². The van der Waals surface area contributed by atoms with E-state index in [1.807, 2.05) is 19.1 Å². The molecule has 0 fully saturated rings. The lowest BCUT2D eigenvalue weighted by Gasteiger charge is -2.32. The first kappa shape index (κ1) is 11.6. The number of amides is 2. The molecule has 0 atom stereocenters. The molecule has 17 heavy (non-hydrogen) atoms. The molecule has 0 bridgehead atoms. The second-order valence-corrected chi connectivity index (χ2v) is 4.47. The monoisotopic (exact) mass is 232 g/mol. The Morgan fingerprint density at radius 2 is 2.06 bits per heavy atom. The fraction of sp³-hybridized carbons (Fsp3) is 0.385. The van der Waals surface area contributed by atoms with Gasteiger partial charge < -0.3 is 4.90 Å². The molecule has 1 heterocycles. The van der Waals surface area contributed by atoms with Crippen molar-refractivity contribution in [3.63, 3.8) is 0 Å². The summed E-state index contributed by atoms with van der Waals surface area (Å²) in [5.74, 6) is 0.117. The largest absolute Gasteiger partial charge is 0.330 e. The minimum atomic E-state index is -0.0759. The number of carbonyl (C=O) groups excluding carboxylic acids is 2. The third kappa shape index (κ3) is 1.90. The van der Waals surface area contributed by atoms with Crippen LogP contribution in [0.3, 0.4) is 0 Å². The van der Waals surface area contributed by atoms with Crippen molar-refractivity contribution in [2.75, 3.05) is 25.5 Å². The zero-order valence-electron chi connectivity index (χ0n) is 10.4. The van der Waals surface area contributed by atoms with E-state index in [0.717, 1.165) is 11.3 Å². The van der Waals surface area contributed by atoms with Gasteiger partial charge in [0.2, 0.25) is 0 Å². The van der Waals surface area contributed by atoms with Crippen LogP contribution < -0.4 is 4.90 Å². The van der Waals surface area contributed by atoms with Gasteiger partial charge >= 0.3 is 6.03 Å². The van der Waals surface area contributed by atoms with Crippen LogP contribution in [-0.2, 0) is 0 Å². The van der Waals surface area contributed by atoms with Crippen molar-refractivity contribution in [1.82, 2.24) is 4.90 Å². The van der Waals surface area contributed by atoms with Gasteiger partial charge in [0.1, 0.15) is 0 Å². The first-order valence-corrected chi connectivity index (χ1v) is 5.64. The van der Waals surface area contributed by atoms with Gasteiger partial charge in [-0.2, -0.15) is 0 Å². The summed E-state index contributed by atoms with van der Waals surface area (Å²) in [4.78, 5) is 27.1. The SMILES string of the molecule is Cc1cccc2c1N(C(=O)N(C)C)CCC2=O. The Morgan fingerprint density at radius 3 is 2.71 bits per heavy atom. The summed E-state index contributed by atoms with van der Waals surface area (Å²) in [6.07, 6.45) is 0.399. The van der Waals surface area contributed by atoms with E-state index in [9.17, 15) is 9.59 Å². The Hall–Kier alpha value is -1.84. The molecule has 1 aromatic rings. The highest BCUT2D eigenvalue weighted by molar-refractivity contribution is 6.09. The van der Waals surface area contributed by atoms with Gasteiger partial charge in [-0.05, 0) is 18.6 Å². The molecule has 2 rings (SSSR count). The van der Waals surface area contributed by atoms with E-state index >= 15 is 0 Å². The second kappa shape index (κ2) is 4.20. The van der Waals surface area contributed by atoms with Gasteiger partial charge in [-0.15, -0.1) is 0 Å². The number of para-hydroxylation sites is 1. The smallest absolute Gasteiger partial charge is 0.323 e. The number of fused-ring (bicyclic) bond motifs is 1. The Balaban J connectivity index is 2.52. The zero-order valence-corrected chi connectivity index (χ0v) is 10.4. The number of Topliss-reactive ketones (excluding diaryl/α,β-unsaturated/α-hetero) is 1. The lowest BCUT2D eigenvalue weighted by Crippen LogP contribution is -2.43. The zero-order chi connectivity index (χ0) is 12.6. The first-order valence-electron chi connectivity index (χ1n) is 5.64. The van der Waals surface area contributed by atoms with Gasteiger partial charge in [0.15, 0.2) is 5.78 Å². The average Bonchev–Trinajstić information content (AvgIpc) is 2.30. The van der Waals surface area contributed by atoms with E-state index in [2.05, 4.69) is 0 Å². The van der Waals surface area contributed by atoms with Gasteiger partial charge in [0.25, 0.3) is 0 Å². The molecule has 4 heteroatoms. The number of carbonyl (C=O) groups is 2. The molecule has 0 saturated heterocycles. The molecule has 90 valence electrons. The molecule has 0 aromatic heterocycles. The highest BCUT2D eigenvalue weighted by Crippen LogP contribution is 2.30. The molecule has 4 nitrogen and oxygen atoms in total. The van der Waals surface area contributed by atoms with E-state index < -0.39 is 0 Å². The van der Waals surface area contributed by atoms with Crippen LogP contribution in [0, 0.1) is 6.92 Å². The van der Waals surface area contributed by atoms with Crippen molar-refractivity contribution in [3.8, 4) is 0 Å². The van der Waals surface area contributed by atoms with E-state index in [-0.39, 0.29) is 11.8 Å². The maximum atomic E-state index is 12.1. The van der Waals surface area contributed by atoms with Crippen LogP contribution in [0.2, 0.25) is 0 Å². The summed E-state index contributed by atoms with van der Waals surface area (Å²) in [7, 11) is 3.44. The van der Waals surface area contributed by atoms with Crippen molar-refractivity contribution < 1.29 is 9.59 Å². The van der Waals surface area contributed by atoms with Crippen LogP contribution in [0.1, 0.15) is 22.3 Å². The number of rotatable bonds is 0. The summed E-state index contributed by atoms with van der Waals surface area (Å²) in [6, 6.07) is 5.50. The molecule has 0 unspecified atom stereocenters. The predicted octanol–water partition coefficient (Wildman–Crippen LogP) is 2.07. The molecule has 1 aliphatic heterocycles. The van der Waals surface area contributed by atoms with Crippen LogP contribution in [0.4, 0.5) is 10.5 Å². The summed E-state index contributed by atoms with van der Waals surface area (Å²) in [5.41, 5.74) is 2.39. The highest BCUT2D eigenvalue weighted by atomic mass is 16.2. The Kier molecular flexibility index (Phi) is 2.88. The van der Waals surface area contributed by atoms with Gasteiger partial charge in [0, 0.05) is 32.6 Å². The summed E-state index contributed by atoms with van der Waals surface area (Å²) < 4.78 is 0. The molecular formula is C13H16N2O2. The number of benzene rings is 1. The minimum Gasteiger partial charge on any atom is -0.330 e. The molecule has 1 aromatic carbocycles. The molecule has 1 aliphatic rings. The maximum Gasteiger partial charge on any atom is 0.323 e. The number of hydrogen-bond donors (Lipinski definition) is 0. The van der Waals surface area contributed by atoms with Crippen molar-refractivity contribution in [2.24, 2.45) is 0 Å². The number of aryl methyl sites for hydroxylation is 1. The standard InChI is InChI=1S/C13H16N2O2/c1-9-5-4-6-10-11(16)7-8-15(12(9)10)13(17)14(2)3/h4-6H,7-8H2,1-3H3. The first-order chi connectivity index (χ1) is 8.02. The second-order valence-electron chi connectivity index (χ2n) is 4.47. The van der Waals surface area contributed by atoms with Crippen LogP contribution in [0.15, 0.2) is 18.2 Å². The fourth-order valence-electron chi connectivity index (χ4n) is 2.13. The lowest BCUT2D eigenvalue weighted by molar-refractivity contribution is 0.0980. The quantitative estimate of drug-likeness (QED) is 0.687. The Bertz CT molecular complexity index is 480. The van der Waals surface area contributed by atoms with Crippen LogP contribution in [-0.4, -0.2) is 37.4 Å². The third-order valence-electron chi connectivity index (χ3n) is 2.98. The normalized spacial score (nSPS) is 14.5. The predicted molar refractivity (Wildman–Crippen MR) is 66.6 cm³/mol. The van der Waals surface area contributed by atoms with Crippen molar-refractivity contribution >= 4 is 17.5 Å². The number of ketones is 1. The Labute approximate surface area is 101 Å². The van der Waals surface area contributed by atoms with Gasteiger partial charge in [-0.25, -0.2) is 4.79 Å². The lowest BCUT2D eigenvalue weighted by atomic mass is 9.97. The molecule has 2 amide bonds. The third-order valence-corrected chi connectivity index (χ3v) is 2.98. The Morgan fingerprint density at radius 1 is 1.35 bits per heavy atom. The van der Waals surface area contributed by atoms with E-state index in [0.29, 0.717) is 18.5 Å². The van der Waals surface area contributed by atoms with Crippen molar-refractivity contribution in [3.05, 3.63) is 29.3 Å². The average molecular weight is 232 g/mol. The maximum absolute atomic E-state index is 12.1. The number of urea groups is 1. The summed E-state index contributed by atoms with van der Waals surface area (Å²) in [5, 5.41) is 0. The van der Waals surface area contributed by atoms with Crippen molar-refractivity contribution in [1.29, 1.82) is 0 Å². The van der Waals surface area contributed by atoms with Gasteiger partial charge in [-0.3, -0.25) is 9.69 Å². The van der Waals surface area contributed by atoms with Gasteiger partial charge in [0.05, 0.1) is 5.69 Å². The van der Waals surface area contributed by atoms with Crippen LogP contribution >= 0.6 is 0 Å². The summed E-state index contributed by atoms with van der Waals surface area (Å²) in [6.45, 7) is 2.39. The molecule has 0 spiro atoms. The van der Waals surface area contributed by atoms with Crippen molar-refractivity contribution in [2.45, 2.75) is 13.3 Å². The molecule has 0 radical (unpaired) electrons. The van der Waals surface area contributed by atoms with Gasteiger partial charge in [-0.1, -0.05) is 12.1 Å². The van der Waals surface area contributed by atoms with E-state index in [1.165, 1.54) is 4.90 Å². The molecule has 0 N–H and O–H groups in total. The van der Waals surface area contributed by atoms with E-state index in [4.69, 9.17) is 0 Å². The van der Waals surface area contributed by atoms with E-state index in [1.54, 1.807) is 25.1 Å².